The van der Waals surface area contributed by atoms with Crippen LogP contribution in [0.2, 0.25) is 0 Å². The second kappa shape index (κ2) is 15.9. The first-order valence-electron chi connectivity index (χ1n) is 13.5. The standard InChI is InChI=1S/C26H47N5O3/c1-4-5-6-7-8-9-13-16-19-27-20-21(32)17-14-11-10-12-15-18-22-28-24-23(30(22)2)25(33)29-26(34)31(24)3/h21,27,32H,4-20H2,1-3H3,(H,29,33,34). The SMILES string of the molecule is CCCCCCCCCCNCC(O)CCCCCCCc1nc2c(c(=O)[nH]c(=O)n2C)n1C. The molecule has 0 spiro atoms. The van der Waals surface area contributed by atoms with E-state index in [0.29, 0.717) is 17.7 Å². The molecule has 1 atom stereocenters. The zero-order valence-electron chi connectivity index (χ0n) is 21.7. The lowest BCUT2D eigenvalue weighted by Gasteiger charge is -2.11. The predicted octanol–water partition coefficient (Wildman–Crippen LogP) is 3.93. The van der Waals surface area contributed by atoms with Crippen molar-refractivity contribution in [3.05, 3.63) is 26.7 Å². The van der Waals surface area contributed by atoms with Crippen molar-refractivity contribution >= 4 is 11.2 Å². The normalized spacial score (nSPS) is 12.6. The maximum atomic E-state index is 12.1. The number of nitrogens with zero attached hydrogens (tertiary/aromatic N) is 3. The Morgan fingerprint density at radius 2 is 1.50 bits per heavy atom. The number of aliphatic hydroxyl groups excluding tert-OH is 1. The van der Waals surface area contributed by atoms with Crippen molar-refractivity contribution in [1.82, 2.24) is 24.4 Å². The van der Waals surface area contributed by atoms with Gasteiger partial charge >= 0.3 is 5.69 Å². The number of aromatic nitrogens is 4. The van der Waals surface area contributed by atoms with Gasteiger partial charge < -0.3 is 15.0 Å². The molecular weight excluding hydrogens is 430 g/mol. The molecule has 34 heavy (non-hydrogen) atoms. The Morgan fingerprint density at radius 3 is 2.21 bits per heavy atom. The molecule has 0 amide bonds. The Labute approximate surface area is 204 Å². The quantitative estimate of drug-likeness (QED) is 0.266. The van der Waals surface area contributed by atoms with E-state index in [1.165, 1.54) is 55.9 Å². The molecule has 2 heterocycles. The molecular formula is C26H47N5O3. The third-order valence-electron chi connectivity index (χ3n) is 6.75. The number of aliphatic hydroxyl groups is 1. The van der Waals surface area contributed by atoms with Gasteiger partial charge in [-0.3, -0.25) is 14.3 Å². The van der Waals surface area contributed by atoms with Gasteiger partial charge in [-0.1, -0.05) is 77.6 Å². The van der Waals surface area contributed by atoms with Gasteiger partial charge in [-0.2, -0.15) is 0 Å². The summed E-state index contributed by atoms with van der Waals surface area (Å²) in [4.78, 5) is 30.7. The lowest BCUT2D eigenvalue weighted by atomic mass is 10.1. The van der Waals surface area contributed by atoms with Crippen LogP contribution in [0.15, 0.2) is 9.59 Å². The maximum absolute atomic E-state index is 12.1. The number of H-pyrrole nitrogens is 1. The van der Waals surface area contributed by atoms with Crippen LogP contribution < -0.4 is 16.6 Å². The third kappa shape index (κ3) is 9.37. The smallest absolute Gasteiger partial charge is 0.329 e. The number of nitrogens with one attached hydrogen (secondary N) is 2. The highest BCUT2D eigenvalue weighted by molar-refractivity contribution is 5.70. The highest BCUT2D eigenvalue weighted by Crippen LogP contribution is 2.13. The Balaban J connectivity index is 1.49. The average Bonchev–Trinajstić information content (AvgIpc) is 3.15. The van der Waals surface area contributed by atoms with Crippen LogP contribution in [0.1, 0.15) is 103 Å². The van der Waals surface area contributed by atoms with Gasteiger partial charge in [0.1, 0.15) is 5.82 Å². The van der Waals surface area contributed by atoms with Crippen molar-refractivity contribution in [2.45, 2.75) is 109 Å². The number of imidazole rings is 1. The van der Waals surface area contributed by atoms with E-state index in [4.69, 9.17) is 0 Å². The van der Waals surface area contributed by atoms with Crippen molar-refractivity contribution in [3.63, 3.8) is 0 Å². The lowest BCUT2D eigenvalue weighted by molar-refractivity contribution is 0.158. The van der Waals surface area contributed by atoms with E-state index in [2.05, 4.69) is 22.2 Å². The van der Waals surface area contributed by atoms with Crippen molar-refractivity contribution < 1.29 is 5.11 Å². The predicted molar refractivity (Wildman–Crippen MR) is 139 cm³/mol. The van der Waals surface area contributed by atoms with Gasteiger partial charge in [-0.25, -0.2) is 9.78 Å². The van der Waals surface area contributed by atoms with Crippen LogP contribution in [0.3, 0.4) is 0 Å². The summed E-state index contributed by atoms with van der Waals surface area (Å²) in [7, 11) is 3.45. The van der Waals surface area contributed by atoms with E-state index in [-0.39, 0.29) is 11.7 Å². The lowest BCUT2D eigenvalue weighted by Crippen LogP contribution is -2.29. The van der Waals surface area contributed by atoms with Crippen LogP contribution in [-0.2, 0) is 20.5 Å². The summed E-state index contributed by atoms with van der Waals surface area (Å²) in [6.45, 7) is 3.96. The fourth-order valence-corrected chi connectivity index (χ4v) is 4.52. The van der Waals surface area contributed by atoms with Gasteiger partial charge in [0.05, 0.1) is 6.10 Å². The van der Waals surface area contributed by atoms with E-state index in [1.807, 2.05) is 7.05 Å². The number of aryl methyl sites for hydroxylation is 3. The average molecular weight is 478 g/mol. The van der Waals surface area contributed by atoms with Crippen molar-refractivity contribution in [1.29, 1.82) is 0 Å². The molecule has 0 fully saturated rings. The Morgan fingerprint density at radius 1 is 0.882 bits per heavy atom. The van der Waals surface area contributed by atoms with E-state index in [0.717, 1.165) is 57.3 Å². The fraction of sp³-hybridized carbons (Fsp3) is 0.808. The summed E-state index contributed by atoms with van der Waals surface area (Å²) < 4.78 is 3.18. The monoisotopic (exact) mass is 477 g/mol. The highest BCUT2D eigenvalue weighted by Gasteiger charge is 2.14. The Bertz CT molecular complexity index is 946. The van der Waals surface area contributed by atoms with Gasteiger partial charge in [0.15, 0.2) is 11.2 Å². The zero-order chi connectivity index (χ0) is 24.8. The molecule has 2 rings (SSSR count). The molecule has 0 aliphatic rings. The van der Waals surface area contributed by atoms with E-state index in [9.17, 15) is 14.7 Å². The summed E-state index contributed by atoms with van der Waals surface area (Å²) in [6.07, 6.45) is 17.4. The number of hydrogen-bond donors (Lipinski definition) is 3. The van der Waals surface area contributed by atoms with Gasteiger partial charge in [0.25, 0.3) is 5.56 Å². The topological polar surface area (TPSA) is 105 Å². The summed E-state index contributed by atoms with van der Waals surface area (Å²) in [5.41, 5.74) is 0.0660. The molecule has 0 aliphatic carbocycles. The molecule has 2 aromatic heterocycles. The molecule has 0 radical (unpaired) electrons. The molecule has 3 N–H and O–H groups in total. The summed E-state index contributed by atoms with van der Waals surface area (Å²) in [5.74, 6) is 0.833. The first kappa shape index (κ1) is 28.3. The second-order valence-corrected chi connectivity index (χ2v) is 9.72. The number of aromatic amines is 1. The van der Waals surface area contributed by atoms with Crippen molar-refractivity contribution in [2.24, 2.45) is 14.1 Å². The minimum atomic E-state index is -0.437. The Hall–Kier alpha value is -1.93. The number of hydrogen-bond acceptors (Lipinski definition) is 5. The number of unbranched alkanes of at least 4 members (excludes halogenated alkanes) is 11. The van der Waals surface area contributed by atoms with E-state index in [1.54, 1.807) is 11.6 Å². The first-order chi connectivity index (χ1) is 16.5. The van der Waals surface area contributed by atoms with E-state index >= 15 is 0 Å². The van der Waals surface area contributed by atoms with Crippen LogP contribution in [0.25, 0.3) is 11.2 Å². The molecule has 0 saturated carbocycles. The van der Waals surface area contributed by atoms with E-state index < -0.39 is 5.69 Å². The van der Waals surface area contributed by atoms with Crippen molar-refractivity contribution in [2.75, 3.05) is 13.1 Å². The molecule has 0 aromatic carbocycles. The minimum absolute atomic E-state index is 0.251. The summed E-state index contributed by atoms with van der Waals surface area (Å²) >= 11 is 0. The molecule has 8 heteroatoms. The van der Waals surface area contributed by atoms with Gasteiger partial charge in [-0.15, -0.1) is 0 Å². The third-order valence-corrected chi connectivity index (χ3v) is 6.75. The van der Waals surface area contributed by atoms with Crippen LogP contribution >= 0.6 is 0 Å². The van der Waals surface area contributed by atoms with Crippen LogP contribution in [0.4, 0.5) is 0 Å². The summed E-state index contributed by atoms with van der Waals surface area (Å²) in [6, 6.07) is 0. The molecule has 0 saturated heterocycles. The number of fused-ring (bicyclic) bond motifs is 1. The molecule has 2 aromatic rings. The first-order valence-corrected chi connectivity index (χ1v) is 13.5. The highest BCUT2D eigenvalue weighted by atomic mass is 16.3. The molecule has 0 aliphatic heterocycles. The largest absolute Gasteiger partial charge is 0.392 e. The van der Waals surface area contributed by atoms with Crippen LogP contribution in [0.5, 0.6) is 0 Å². The maximum Gasteiger partial charge on any atom is 0.329 e. The molecule has 0 bridgehead atoms. The van der Waals surface area contributed by atoms with Crippen LogP contribution in [0, 0.1) is 0 Å². The molecule has 194 valence electrons. The Kier molecular flexibility index (Phi) is 13.2. The minimum Gasteiger partial charge on any atom is -0.392 e. The molecule has 8 nitrogen and oxygen atoms in total. The van der Waals surface area contributed by atoms with Crippen LogP contribution in [-0.4, -0.2) is 43.4 Å². The van der Waals surface area contributed by atoms with Crippen molar-refractivity contribution in [3.8, 4) is 0 Å². The number of rotatable bonds is 19. The zero-order valence-corrected chi connectivity index (χ0v) is 21.7. The summed E-state index contributed by atoms with van der Waals surface area (Å²) in [5, 5.41) is 13.6. The van der Waals surface area contributed by atoms with Gasteiger partial charge in [0, 0.05) is 27.1 Å². The van der Waals surface area contributed by atoms with Gasteiger partial charge in [0.2, 0.25) is 0 Å². The fourth-order valence-electron chi connectivity index (χ4n) is 4.52. The van der Waals surface area contributed by atoms with Gasteiger partial charge in [-0.05, 0) is 25.8 Å². The second-order valence-electron chi connectivity index (χ2n) is 9.72. The molecule has 1 unspecified atom stereocenters.